The van der Waals surface area contributed by atoms with Crippen molar-refractivity contribution in [1.82, 2.24) is 0 Å². The highest BCUT2D eigenvalue weighted by atomic mass is 16.4. The predicted octanol–water partition coefficient (Wildman–Crippen LogP) is 1.87. The van der Waals surface area contributed by atoms with Crippen LogP contribution in [-0.4, -0.2) is 5.97 Å². The van der Waals surface area contributed by atoms with Crippen LogP contribution >= 0.6 is 0 Å². The Bertz CT molecular complexity index is 316. The maximum atomic E-state index is 8.89. The lowest BCUT2D eigenvalue weighted by atomic mass is 10.1. The lowest BCUT2D eigenvalue weighted by Crippen LogP contribution is -2.32. The molecule has 0 saturated carbocycles. The Balaban J connectivity index is 0.000000631. The van der Waals surface area contributed by atoms with Crippen molar-refractivity contribution in [2.45, 2.75) is 59.4 Å². The van der Waals surface area contributed by atoms with E-state index >= 15 is 0 Å². The van der Waals surface area contributed by atoms with Gasteiger partial charge in [0.05, 0.1) is 0 Å². The Morgan fingerprint density at radius 1 is 1.17 bits per heavy atom. The van der Waals surface area contributed by atoms with Gasteiger partial charge in [0, 0.05) is 24.5 Å². The van der Waals surface area contributed by atoms with Crippen LogP contribution < -0.4 is 9.67 Å². The molecule has 0 saturated heterocycles. The fourth-order valence-electron chi connectivity index (χ4n) is 1.64. The van der Waals surface area contributed by atoms with E-state index in [9.17, 15) is 0 Å². The van der Waals surface area contributed by atoms with Crippen LogP contribution in [0.2, 0.25) is 0 Å². The molecule has 1 aromatic rings. The van der Waals surface area contributed by atoms with Gasteiger partial charge < -0.3 is 9.90 Å². The molecule has 0 N–H and O–H groups in total. The van der Waals surface area contributed by atoms with E-state index in [1.807, 2.05) is 0 Å². The summed E-state index contributed by atoms with van der Waals surface area (Å²) in [6.45, 7) is 6.61. The number of aryl methyl sites for hydroxylation is 2. The molecule has 0 fully saturated rings. The van der Waals surface area contributed by atoms with Gasteiger partial charge in [-0.05, 0) is 25.3 Å². The maximum absolute atomic E-state index is 8.89. The second-order valence-corrected chi connectivity index (χ2v) is 4.39. The first kappa shape index (κ1) is 16.6. The summed E-state index contributed by atoms with van der Waals surface area (Å²) in [6.07, 6.45) is 10.8. The van der Waals surface area contributed by atoms with Gasteiger partial charge in [-0.2, -0.15) is 0 Å². The number of nitrogens with zero attached hydrogens (tertiary/aromatic N) is 1. The number of aliphatic carboxylic acids is 1. The van der Waals surface area contributed by atoms with Crippen molar-refractivity contribution in [2.75, 3.05) is 0 Å². The van der Waals surface area contributed by atoms with Crippen LogP contribution in [0.3, 0.4) is 0 Å². The molecular formula is C15H25NO2. The molecule has 0 aliphatic rings. The van der Waals surface area contributed by atoms with Crippen molar-refractivity contribution in [2.24, 2.45) is 0 Å². The molecule has 1 aromatic heterocycles. The molecule has 0 spiro atoms. The highest BCUT2D eigenvalue weighted by Gasteiger charge is 1.99. The van der Waals surface area contributed by atoms with Crippen LogP contribution in [0.25, 0.3) is 0 Å². The van der Waals surface area contributed by atoms with Gasteiger partial charge in [-0.25, -0.2) is 4.57 Å². The number of carboxylic acid groups (broad SMARTS) is 1. The summed E-state index contributed by atoms with van der Waals surface area (Å²) in [5, 5.41) is 8.89. The average Bonchev–Trinajstić information content (AvgIpc) is 2.31. The van der Waals surface area contributed by atoms with E-state index in [1.54, 1.807) is 0 Å². The zero-order valence-electron chi connectivity index (χ0n) is 11.8. The molecule has 0 bridgehead atoms. The number of aromatic nitrogens is 1. The average molecular weight is 251 g/mol. The molecule has 0 aromatic carbocycles. The minimum absolute atomic E-state index is 0.972. The summed E-state index contributed by atoms with van der Waals surface area (Å²) in [5.74, 6) is -1.08. The first-order chi connectivity index (χ1) is 8.60. The lowest BCUT2D eigenvalue weighted by molar-refractivity contribution is -0.697. The van der Waals surface area contributed by atoms with E-state index in [-0.39, 0.29) is 0 Å². The van der Waals surface area contributed by atoms with Crippen molar-refractivity contribution >= 4 is 5.97 Å². The van der Waals surface area contributed by atoms with E-state index in [4.69, 9.17) is 9.90 Å². The molecule has 0 atom stereocenters. The molecule has 3 heteroatoms. The van der Waals surface area contributed by atoms with Gasteiger partial charge in [0.25, 0.3) is 0 Å². The molecule has 0 aliphatic carbocycles. The first-order valence-corrected chi connectivity index (χ1v) is 6.75. The summed E-state index contributed by atoms with van der Waals surface area (Å²) in [7, 11) is 0. The molecule has 0 aliphatic heterocycles. The monoisotopic (exact) mass is 251 g/mol. The maximum Gasteiger partial charge on any atom is 0.169 e. The molecule has 1 heterocycles. The zero-order chi connectivity index (χ0) is 13.8. The Morgan fingerprint density at radius 2 is 1.72 bits per heavy atom. The van der Waals surface area contributed by atoms with E-state index in [0.29, 0.717) is 0 Å². The fraction of sp³-hybridized carbons (Fsp3) is 0.600. The van der Waals surface area contributed by atoms with Gasteiger partial charge in [-0.3, -0.25) is 0 Å². The molecule has 102 valence electrons. The molecule has 0 unspecified atom stereocenters. The van der Waals surface area contributed by atoms with E-state index in [2.05, 4.69) is 42.9 Å². The third kappa shape index (κ3) is 9.82. The highest BCUT2D eigenvalue weighted by Crippen LogP contribution is 1.99. The number of carbonyl (C=O) groups excluding carboxylic acids is 1. The molecule has 3 nitrogen and oxygen atoms in total. The largest absolute Gasteiger partial charge is 0.550 e. The van der Waals surface area contributed by atoms with Gasteiger partial charge in [0.15, 0.2) is 12.4 Å². The Kier molecular flexibility index (Phi) is 9.93. The second-order valence-electron chi connectivity index (χ2n) is 4.39. The fourth-order valence-corrected chi connectivity index (χ4v) is 1.64. The van der Waals surface area contributed by atoms with E-state index in [0.717, 1.165) is 6.92 Å². The normalized spacial score (nSPS) is 9.50. The van der Waals surface area contributed by atoms with Gasteiger partial charge in [-0.1, -0.05) is 26.7 Å². The van der Waals surface area contributed by atoms with Gasteiger partial charge in [0.1, 0.15) is 6.54 Å². The Hall–Kier alpha value is -1.38. The van der Waals surface area contributed by atoms with Gasteiger partial charge in [-0.15, -0.1) is 0 Å². The van der Waals surface area contributed by atoms with Crippen molar-refractivity contribution < 1.29 is 14.5 Å². The summed E-state index contributed by atoms with van der Waals surface area (Å²) in [6, 6.07) is 4.49. The van der Waals surface area contributed by atoms with Crippen LogP contribution in [0.4, 0.5) is 0 Å². The van der Waals surface area contributed by atoms with Gasteiger partial charge in [0.2, 0.25) is 0 Å². The lowest BCUT2D eigenvalue weighted by Gasteiger charge is -1.98. The van der Waals surface area contributed by atoms with E-state index < -0.39 is 5.97 Å². The van der Waals surface area contributed by atoms with Crippen molar-refractivity contribution in [3.05, 3.63) is 30.1 Å². The Labute approximate surface area is 110 Å². The van der Waals surface area contributed by atoms with Crippen molar-refractivity contribution in [1.29, 1.82) is 0 Å². The summed E-state index contributed by atoms with van der Waals surface area (Å²) in [5.41, 5.74) is 1.46. The number of hydrogen-bond acceptors (Lipinski definition) is 2. The third-order valence-corrected chi connectivity index (χ3v) is 2.52. The number of hydrogen-bond donors (Lipinski definition) is 0. The van der Waals surface area contributed by atoms with Crippen LogP contribution in [0.5, 0.6) is 0 Å². The van der Waals surface area contributed by atoms with Gasteiger partial charge >= 0.3 is 0 Å². The summed E-state index contributed by atoms with van der Waals surface area (Å²) in [4.78, 5) is 8.89. The van der Waals surface area contributed by atoms with Crippen LogP contribution in [0.15, 0.2) is 24.5 Å². The van der Waals surface area contributed by atoms with Crippen molar-refractivity contribution in [3.8, 4) is 0 Å². The molecule has 18 heavy (non-hydrogen) atoms. The number of unbranched alkanes of at least 4 members (excludes halogenated alkanes) is 2. The quantitative estimate of drug-likeness (QED) is 0.572. The summed E-state index contributed by atoms with van der Waals surface area (Å²) >= 11 is 0. The van der Waals surface area contributed by atoms with Crippen LogP contribution in [0.1, 0.15) is 52.0 Å². The SMILES string of the molecule is CC(=O)[O-].CCCCC[n+]1ccc(CCC)cc1. The first-order valence-electron chi connectivity index (χ1n) is 6.75. The highest BCUT2D eigenvalue weighted by molar-refractivity contribution is 5.60. The number of carboxylic acids is 1. The standard InChI is InChI=1S/C13H22N.C2H4O2/c1-3-5-6-10-14-11-8-13(7-4-2)9-12-14;1-2(3)4/h8-9,11-12H,3-7,10H2,1-2H3;1H3,(H,3,4)/q+1;/p-1. The van der Waals surface area contributed by atoms with Crippen LogP contribution in [0, 0.1) is 0 Å². The molecular weight excluding hydrogens is 226 g/mol. The number of rotatable bonds is 6. The zero-order valence-corrected chi connectivity index (χ0v) is 11.8. The number of carbonyl (C=O) groups is 1. The van der Waals surface area contributed by atoms with Crippen LogP contribution in [-0.2, 0) is 17.8 Å². The molecule has 1 rings (SSSR count). The summed E-state index contributed by atoms with van der Waals surface area (Å²) < 4.78 is 2.29. The second kappa shape index (κ2) is 10.8. The van der Waals surface area contributed by atoms with Crippen molar-refractivity contribution in [3.63, 3.8) is 0 Å². The molecule has 0 amide bonds. The number of pyridine rings is 1. The topological polar surface area (TPSA) is 44.0 Å². The predicted molar refractivity (Wildman–Crippen MR) is 70.8 cm³/mol. The van der Waals surface area contributed by atoms with E-state index in [1.165, 1.54) is 44.2 Å². The smallest absolute Gasteiger partial charge is 0.169 e. The minimum atomic E-state index is -1.08. The minimum Gasteiger partial charge on any atom is -0.550 e. The molecule has 0 radical (unpaired) electrons. The third-order valence-electron chi connectivity index (χ3n) is 2.52. The Morgan fingerprint density at radius 3 is 2.17 bits per heavy atom.